The quantitative estimate of drug-likeness (QED) is 0.583. The third-order valence-corrected chi connectivity index (χ3v) is 6.68. The second-order valence-electron chi connectivity index (χ2n) is 7.70. The minimum absolute atomic E-state index is 0.0132. The van der Waals surface area contributed by atoms with E-state index in [4.69, 9.17) is 18.9 Å². The molecule has 0 spiro atoms. The summed E-state index contributed by atoms with van der Waals surface area (Å²) in [6, 6.07) is 4.94. The average Bonchev–Trinajstić information content (AvgIpc) is 3.24. The number of hydrogen-bond donors (Lipinski definition) is 0. The minimum Gasteiger partial charge on any atom is -0.497 e. The number of nitrogens with zero attached hydrogens (tertiary/aromatic N) is 3. The number of ether oxygens (including phenoxy) is 4. The van der Waals surface area contributed by atoms with Gasteiger partial charge in [-0.05, 0) is 30.0 Å². The Hall–Kier alpha value is -2.98. The fraction of sp³-hybridized carbons (Fsp3) is 0.435. The molecular formula is C23H27N3O6S. The highest BCUT2D eigenvalue weighted by Gasteiger charge is 2.41. The van der Waals surface area contributed by atoms with Gasteiger partial charge in [0.1, 0.15) is 11.5 Å². The largest absolute Gasteiger partial charge is 0.497 e. The van der Waals surface area contributed by atoms with Crippen molar-refractivity contribution in [2.45, 2.75) is 19.4 Å². The lowest BCUT2D eigenvalue weighted by atomic mass is 9.93. The van der Waals surface area contributed by atoms with Crippen LogP contribution in [0.3, 0.4) is 0 Å². The Balaban J connectivity index is 1.75. The molecule has 1 aromatic carbocycles. The van der Waals surface area contributed by atoms with E-state index >= 15 is 0 Å². The van der Waals surface area contributed by atoms with Crippen LogP contribution in [0.1, 0.15) is 24.9 Å². The van der Waals surface area contributed by atoms with E-state index in [1.165, 1.54) is 18.9 Å². The van der Waals surface area contributed by atoms with Gasteiger partial charge < -0.3 is 28.7 Å². The first kappa shape index (κ1) is 23.2. The maximum Gasteiger partial charge on any atom is 0.338 e. The third-order valence-electron chi connectivity index (χ3n) is 5.79. The van der Waals surface area contributed by atoms with E-state index in [0.717, 1.165) is 11.3 Å². The number of aliphatic imine (C=N–C) groups is 1. The monoisotopic (exact) mass is 473 g/mol. The molecule has 0 aromatic heterocycles. The van der Waals surface area contributed by atoms with Crippen molar-refractivity contribution in [2.24, 2.45) is 4.99 Å². The molecule has 4 rings (SSSR count). The molecule has 0 bridgehead atoms. The number of amidine groups is 1. The average molecular weight is 474 g/mol. The van der Waals surface area contributed by atoms with Gasteiger partial charge in [0, 0.05) is 24.9 Å². The zero-order chi connectivity index (χ0) is 23.5. The Kier molecular flexibility index (Phi) is 6.94. The lowest BCUT2D eigenvalue weighted by Gasteiger charge is -2.37. The predicted octanol–water partition coefficient (Wildman–Crippen LogP) is 2.70. The molecule has 3 aliphatic rings. The highest BCUT2D eigenvalue weighted by molar-refractivity contribution is 8.16. The first-order valence-corrected chi connectivity index (χ1v) is 11.5. The maximum absolute atomic E-state index is 13.0. The summed E-state index contributed by atoms with van der Waals surface area (Å²) in [5.41, 5.74) is 2.52. The van der Waals surface area contributed by atoms with Crippen LogP contribution < -0.4 is 9.47 Å². The van der Waals surface area contributed by atoms with Crippen molar-refractivity contribution in [2.75, 3.05) is 47.6 Å². The molecule has 1 saturated heterocycles. The number of methoxy groups -OCH3 is 3. The standard InChI is InChI=1S/C23H27N3O6S/c1-14-20(22(28)31-4)21(15-9-17(29-2)12-18(10-15)30-3)26-16(13-33-23(26)24-14)11-19(27)25-5-7-32-8-6-25/h9-10,12-13,21H,5-8,11H2,1-4H3. The molecule has 0 radical (unpaired) electrons. The molecule has 1 atom stereocenters. The predicted molar refractivity (Wildman–Crippen MR) is 124 cm³/mol. The Morgan fingerprint density at radius 3 is 2.39 bits per heavy atom. The lowest BCUT2D eigenvalue weighted by molar-refractivity contribution is -0.136. The van der Waals surface area contributed by atoms with Gasteiger partial charge in [-0.2, -0.15) is 0 Å². The van der Waals surface area contributed by atoms with E-state index in [1.54, 1.807) is 32.1 Å². The van der Waals surface area contributed by atoms with E-state index in [2.05, 4.69) is 4.99 Å². The molecular weight excluding hydrogens is 446 g/mol. The second kappa shape index (κ2) is 9.88. The number of amides is 1. The number of benzene rings is 1. The zero-order valence-corrected chi connectivity index (χ0v) is 19.9. The van der Waals surface area contributed by atoms with Crippen LogP contribution >= 0.6 is 11.8 Å². The van der Waals surface area contributed by atoms with Crippen LogP contribution in [0, 0.1) is 0 Å². The number of thioether (sulfide) groups is 1. The molecule has 1 fully saturated rings. The van der Waals surface area contributed by atoms with Crippen molar-refractivity contribution >= 4 is 28.8 Å². The van der Waals surface area contributed by atoms with Crippen LogP contribution in [-0.4, -0.2) is 74.5 Å². The van der Waals surface area contributed by atoms with E-state index in [-0.39, 0.29) is 12.3 Å². The molecule has 10 heteroatoms. The fourth-order valence-corrected chi connectivity index (χ4v) is 5.09. The highest BCUT2D eigenvalue weighted by Crippen LogP contribution is 2.46. The zero-order valence-electron chi connectivity index (χ0n) is 19.1. The van der Waals surface area contributed by atoms with Gasteiger partial charge in [-0.1, -0.05) is 11.8 Å². The van der Waals surface area contributed by atoms with Crippen molar-refractivity contribution in [1.29, 1.82) is 0 Å². The number of hydrogen-bond acceptors (Lipinski definition) is 9. The molecule has 9 nitrogen and oxygen atoms in total. The molecule has 176 valence electrons. The van der Waals surface area contributed by atoms with Crippen molar-refractivity contribution in [3.05, 3.63) is 46.1 Å². The van der Waals surface area contributed by atoms with Gasteiger partial charge in [-0.15, -0.1) is 0 Å². The molecule has 1 amide bonds. The Labute approximate surface area is 197 Å². The highest BCUT2D eigenvalue weighted by atomic mass is 32.2. The van der Waals surface area contributed by atoms with Crippen LogP contribution in [0.2, 0.25) is 0 Å². The normalized spacial score (nSPS) is 20.2. The molecule has 1 aromatic rings. The first-order chi connectivity index (χ1) is 16.0. The Bertz CT molecular complexity index is 1020. The molecule has 0 saturated carbocycles. The van der Waals surface area contributed by atoms with Crippen LogP contribution in [0.5, 0.6) is 11.5 Å². The number of esters is 1. The number of carbonyl (C=O) groups excluding carboxylic acids is 2. The van der Waals surface area contributed by atoms with Crippen LogP contribution in [-0.2, 0) is 19.1 Å². The summed E-state index contributed by atoms with van der Waals surface area (Å²) in [7, 11) is 4.50. The molecule has 33 heavy (non-hydrogen) atoms. The summed E-state index contributed by atoms with van der Waals surface area (Å²) < 4.78 is 21.4. The first-order valence-electron chi connectivity index (χ1n) is 10.6. The van der Waals surface area contributed by atoms with Gasteiger partial charge in [0.25, 0.3) is 0 Å². The molecule has 0 N–H and O–H groups in total. The summed E-state index contributed by atoms with van der Waals surface area (Å²) in [6.07, 6.45) is 0.192. The van der Waals surface area contributed by atoms with E-state index < -0.39 is 12.0 Å². The van der Waals surface area contributed by atoms with Crippen LogP contribution in [0.15, 0.2) is 45.6 Å². The van der Waals surface area contributed by atoms with E-state index in [0.29, 0.717) is 54.2 Å². The van der Waals surface area contributed by atoms with Crippen LogP contribution in [0.25, 0.3) is 0 Å². The lowest BCUT2D eigenvalue weighted by Crippen LogP contribution is -2.42. The van der Waals surface area contributed by atoms with Gasteiger partial charge >= 0.3 is 5.97 Å². The van der Waals surface area contributed by atoms with Gasteiger partial charge in [-0.3, -0.25) is 4.79 Å². The van der Waals surface area contributed by atoms with Gasteiger partial charge in [0.05, 0.1) is 58.3 Å². The third kappa shape index (κ3) is 4.58. The maximum atomic E-state index is 13.0. The summed E-state index contributed by atoms with van der Waals surface area (Å²) >= 11 is 1.44. The number of morpholine rings is 1. The minimum atomic E-state index is -0.548. The van der Waals surface area contributed by atoms with E-state index in [9.17, 15) is 9.59 Å². The van der Waals surface area contributed by atoms with Crippen molar-refractivity contribution in [3.8, 4) is 11.5 Å². The van der Waals surface area contributed by atoms with Gasteiger partial charge in [-0.25, -0.2) is 9.79 Å². The van der Waals surface area contributed by atoms with E-state index in [1.807, 2.05) is 22.4 Å². The molecule has 0 aliphatic carbocycles. The van der Waals surface area contributed by atoms with Gasteiger partial charge in [0.2, 0.25) is 5.91 Å². The summed E-state index contributed by atoms with van der Waals surface area (Å²) in [5.74, 6) is 0.728. The number of allylic oxidation sites excluding steroid dienone is 1. The van der Waals surface area contributed by atoms with Crippen molar-refractivity contribution < 1.29 is 28.5 Å². The number of rotatable bonds is 6. The number of carbonyl (C=O) groups is 2. The Morgan fingerprint density at radius 1 is 1.12 bits per heavy atom. The Morgan fingerprint density at radius 2 is 1.79 bits per heavy atom. The van der Waals surface area contributed by atoms with Crippen molar-refractivity contribution in [1.82, 2.24) is 9.80 Å². The number of fused-ring (bicyclic) bond motifs is 1. The summed E-state index contributed by atoms with van der Waals surface area (Å²) in [4.78, 5) is 34.3. The smallest absolute Gasteiger partial charge is 0.338 e. The summed E-state index contributed by atoms with van der Waals surface area (Å²) in [6.45, 7) is 4.01. The SMILES string of the molecule is COC(=O)C1=C(C)N=C2SC=C(CC(=O)N3CCOCC3)N2C1c1cc(OC)cc(OC)c1. The fourth-order valence-electron chi connectivity index (χ4n) is 4.12. The topological polar surface area (TPSA) is 89.9 Å². The van der Waals surface area contributed by atoms with Gasteiger partial charge in [0.15, 0.2) is 5.17 Å². The van der Waals surface area contributed by atoms with Crippen molar-refractivity contribution in [3.63, 3.8) is 0 Å². The molecule has 3 aliphatic heterocycles. The molecule has 3 heterocycles. The summed E-state index contributed by atoms with van der Waals surface area (Å²) in [5, 5.41) is 2.63. The van der Waals surface area contributed by atoms with Crippen LogP contribution in [0.4, 0.5) is 0 Å². The second-order valence-corrected chi connectivity index (χ2v) is 8.54. The molecule has 1 unspecified atom stereocenters.